The quantitative estimate of drug-likeness (QED) is 0.344. The molecule has 1 fully saturated rings. The summed E-state index contributed by atoms with van der Waals surface area (Å²) >= 11 is 2.18. The summed E-state index contributed by atoms with van der Waals surface area (Å²) in [6.07, 6.45) is 0.0646. The minimum absolute atomic E-state index is 0.184. The Kier molecular flexibility index (Phi) is 4.47. The summed E-state index contributed by atoms with van der Waals surface area (Å²) in [5.74, 6) is 0.786. The Hall–Kier alpha value is -1.95. The lowest BCUT2D eigenvalue weighted by molar-refractivity contribution is -0.0297. The fourth-order valence-corrected chi connectivity index (χ4v) is 3.86. The molecule has 4 atom stereocenters. The zero-order chi connectivity index (χ0) is 18.4. The number of nitrogens with zero attached hydrogens (tertiary/aromatic N) is 3. The number of aromatic hydroxyl groups is 1. The smallest absolute Gasteiger partial charge is 0.164 e. The van der Waals surface area contributed by atoms with Crippen molar-refractivity contribution in [1.29, 1.82) is 0 Å². The first kappa shape index (κ1) is 17.5. The summed E-state index contributed by atoms with van der Waals surface area (Å²) < 4.78 is 8.32. The minimum atomic E-state index is -1.04. The Morgan fingerprint density at radius 2 is 1.88 bits per heavy atom. The number of nitrogens with one attached hydrogen (secondary N) is 1. The maximum Gasteiger partial charge on any atom is 0.164 e. The number of halogens is 1. The van der Waals surface area contributed by atoms with Crippen molar-refractivity contribution in [3.63, 3.8) is 0 Å². The average Bonchev–Trinajstić information content (AvgIpc) is 3.09. The first-order valence-corrected chi connectivity index (χ1v) is 9.12. The summed E-state index contributed by atoms with van der Waals surface area (Å²) in [7, 11) is 0. The van der Waals surface area contributed by atoms with E-state index in [1.54, 1.807) is 35.8 Å². The van der Waals surface area contributed by atoms with Crippen molar-refractivity contribution < 1.29 is 20.1 Å². The molecule has 0 unspecified atom stereocenters. The normalized spacial score (nSPS) is 25.7. The van der Waals surface area contributed by atoms with E-state index in [0.717, 1.165) is 14.6 Å². The molecule has 1 saturated heterocycles. The third-order valence-corrected chi connectivity index (χ3v) is 5.26. The topological polar surface area (TPSA) is 113 Å². The Morgan fingerprint density at radius 1 is 1.15 bits per heavy atom. The highest BCUT2D eigenvalue weighted by Crippen LogP contribution is 2.36. The molecule has 0 bridgehead atoms. The van der Waals surface area contributed by atoms with Crippen LogP contribution in [-0.2, 0) is 4.74 Å². The predicted molar refractivity (Wildman–Crippen MR) is 103 cm³/mol. The minimum Gasteiger partial charge on any atom is -0.508 e. The highest BCUT2D eigenvalue weighted by molar-refractivity contribution is 14.1. The Morgan fingerprint density at radius 3 is 2.54 bits per heavy atom. The summed E-state index contributed by atoms with van der Waals surface area (Å²) in [5.41, 5.74) is 1.36. The van der Waals surface area contributed by atoms with Gasteiger partial charge in [-0.05, 0) is 53.8 Å². The summed E-state index contributed by atoms with van der Waals surface area (Å²) in [6, 6.07) is 6.66. The van der Waals surface area contributed by atoms with Gasteiger partial charge in [-0.15, -0.1) is 0 Å². The van der Waals surface area contributed by atoms with E-state index in [4.69, 9.17) is 4.74 Å². The fraction of sp³-hybridized carbons (Fsp3) is 0.294. The molecule has 3 heterocycles. The van der Waals surface area contributed by atoms with Gasteiger partial charge in [0.2, 0.25) is 0 Å². The number of benzene rings is 1. The van der Waals surface area contributed by atoms with Crippen LogP contribution in [0.1, 0.15) is 13.2 Å². The number of ether oxygens (including phenoxy) is 1. The number of phenolic OH excluding ortho intramolecular Hbond substituents is 1. The molecule has 8 nitrogen and oxygen atoms in total. The highest BCUT2D eigenvalue weighted by atomic mass is 127. The summed E-state index contributed by atoms with van der Waals surface area (Å²) in [6.45, 7) is 1.72. The maximum absolute atomic E-state index is 10.3. The van der Waals surface area contributed by atoms with Gasteiger partial charge in [-0.3, -0.25) is 0 Å². The molecule has 0 amide bonds. The Balaban J connectivity index is 1.76. The molecule has 2 aromatic heterocycles. The van der Waals surface area contributed by atoms with Gasteiger partial charge in [0, 0.05) is 15.5 Å². The van der Waals surface area contributed by atoms with Gasteiger partial charge in [0.1, 0.15) is 35.7 Å². The standard InChI is InChI=1S/C17H17IN4O4/c1-8-13(24)14(25)17(26-8)22-6-11(18)12-15(19-7-20-16(12)22)21-9-2-4-10(23)5-3-9/h2-8,13-14,17,23-25H,1H3,(H,19,20,21)/t8-,13-,14-,17-/m1/s1. The van der Waals surface area contributed by atoms with Crippen LogP contribution < -0.4 is 5.32 Å². The van der Waals surface area contributed by atoms with Crippen molar-refractivity contribution in [1.82, 2.24) is 14.5 Å². The molecule has 0 saturated carbocycles. The number of hydrogen-bond donors (Lipinski definition) is 4. The van der Waals surface area contributed by atoms with Crippen molar-refractivity contribution >= 4 is 45.1 Å². The van der Waals surface area contributed by atoms with E-state index in [1.807, 2.05) is 6.20 Å². The van der Waals surface area contributed by atoms with Crippen LogP contribution in [0.4, 0.5) is 11.5 Å². The van der Waals surface area contributed by atoms with Crippen LogP contribution in [0.5, 0.6) is 5.75 Å². The summed E-state index contributed by atoms with van der Waals surface area (Å²) in [4.78, 5) is 8.66. The van der Waals surface area contributed by atoms with Gasteiger partial charge in [-0.25, -0.2) is 9.97 Å². The molecule has 0 aliphatic carbocycles. The number of aliphatic hydroxyl groups excluding tert-OH is 2. The van der Waals surface area contributed by atoms with E-state index < -0.39 is 24.5 Å². The average molecular weight is 468 g/mol. The van der Waals surface area contributed by atoms with E-state index in [2.05, 4.69) is 37.9 Å². The molecule has 3 aromatic rings. The predicted octanol–water partition coefficient (Wildman–Crippen LogP) is 2.12. The van der Waals surface area contributed by atoms with Gasteiger partial charge in [0.05, 0.1) is 11.5 Å². The SMILES string of the molecule is C[C@H]1O[C@@H](n2cc(I)c3c(Nc4ccc(O)cc4)ncnc32)[C@H](O)[C@@H]1O. The molecule has 136 valence electrons. The molecular formula is C17H17IN4O4. The van der Waals surface area contributed by atoms with Crippen LogP contribution in [0.3, 0.4) is 0 Å². The van der Waals surface area contributed by atoms with Crippen molar-refractivity contribution in [3.05, 3.63) is 40.4 Å². The van der Waals surface area contributed by atoms with Crippen LogP contribution >= 0.6 is 22.6 Å². The molecule has 1 aliphatic rings. The van der Waals surface area contributed by atoms with Crippen LogP contribution in [-0.4, -0.2) is 48.2 Å². The largest absolute Gasteiger partial charge is 0.508 e. The van der Waals surface area contributed by atoms with Crippen LogP contribution in [0.2, 0.25) is 0 Å². The number of aromatic nitrogens is 3. The lowest BCUT2D eigenvalue weighted by Crippen LogP contribution is -2.30. The molecule has 26 heavy (non-hydrogen) atoms. The van der Waals surface area contributed by atoms with Crippen LogP contribution in [0.15, 0.2) is 36.8 Å². The van der Waals surface area contributed by atoms with E-state index in [-0.39, 0.29) is 5.75 Å². The number of fused-ring (bicyclic) bond motifs is 1. The van der Waals surface area contributed by atoms with Crippen molar-refractivity contribution in [2.24, 2.45) is 0 Å². The second-order valence-electron chi connectivity index (χ2n) is 6.19. The van der Waals surface area contributed by atoms with Gasteiger partial charge in [-0.1, -0.05) is 0 Å². The Labute approximate surface area is 162 Å². The van der Waals surface area contributed by atoms with Crippen LogP contribution in [0, 0.1) is 3.57 Å². The van der Waals surface area contributed by atoms with Crippen molar-refractivity contribution in [2.45, 2.75) is 31.5 Å². The van der Waals surface area contributed by atoms with Gasteiger partial charge in [0.15, 0.2) is 6.23 Å². The third-order valence-electron chi connectivity index (χ3n) is 4.44. The fourth-order valence-electron chi connectivity index (χ4n) is 3.07. The van der Waals surface area contributed by atoms with E-state index in [0.29, 0.717) is 11.5 Å². The molecule has 0 radical (unpaired) electrons. The monoisotopic (exact) mass is 468 g/mol. The zero-order valence-electron chi connectivity index (χ0n) is 13.7. The maximum atomic E-state index is 10.3. The van der Waals surface area contributed by atoms with Gasteiger partial charge >= 0.3 is 0 Å². The molecular weight excluding hydrogens is 451 g/mol. The van der Waals surface area contributed by atoms with Crippen LogP contribution in [0.25, 0.3) is 11.0 Å². The lowest BCUT2D eigenvalue weighted by atomic mass is 10.1. The van der Waals surface area contributed by atoms with E-state index in [1.165, 1.54) is 6.33 Å². The lowest BCUT2D eigenvalue weighted by Gasteiger charge is -2.17. The highest BCUT2D eigenvalue weighted by Gasteiger charge is 2.42. The Bertz CT molecular complexity index is 946. The van der Waals surface area contributed by atoms with E-state index >= 15 is 0 Å². The second-order valence-corrected chi connectivity index (χ2v) is 7.35. The van der Waals surface area contributed by atoms with E-state index in [9.17, 15) is 15.3 Å². The molecule has 1 aliphatic heterocycles. The molecule has 1 aromatic carbocycles. The molecule has 0 spiro atoms. The van der Waals surface area contributed by atoms with Gasteiger partial charge in [-0.2, -0.15) is 0 Å². The zero-order valence-corrected chi connectivity index (χ0v) is 15.9. The third kappa shape index (κ3) is 2.90. The number of rotatable bonds is 3. The number of anilines is 2. The number of aliphatic hydroxyl groups is 2. The summed E-state index contributed by atoms with van der Waals surface area (Å²) in [5, 5.41) is 33.7. The second kappa shape index (κ2) is 6.65. The van der Waals surface area contributed by atoms with Crippen molar-refractivity contribution in [3.8, 4) is 5.75 Å². The molecule has 9 heteroatoms. The van der Waals surface area contributed by atoms with Gasteiger partial charge < -0.3 is 29.9 Å². The van der Waals surface area contributed by atoms with Crippen molar-refractivity contribution in [2.75, 3.05) is 5.32 Å². The number of phenols is 1. The first-order valence-electron chi connectivity index (χ1n) is 8.04. The molecule has 4 N–H and O–H groups in total. The first-order chi connectivity index (χ1) is 12.5. The van der Waals surface area contributed by atoms with Gasteiger partial charge in [0.25, 0.3) is 0 Å². The molecule has 4 rings (SSSR count). The number of hydrogen-bond acceptors (Lipinski definition) is 7.